The fourth-order valence-corrected chi connectivity index (χ4v) is 2.44. The zero-order valence-corrected chi connectivity index (χ0v) is 13.1. The van der Waals surface area contributed by atoms with Crippen molar-refractivity contribution in [2.24, 2.45) is 0 Å². The van der Waals surface area contributed by atoms with Crippen LogP contribution in [-0.2, 0) is 0 Å². The van der Waals surface area contributed by atoms with Crippen LogP contribution in [0.3, 0.4) is 0 Å². The minimum atomic E-state index is -0.277. The van der Waals surface area contributed by atoms with Gasteiger partial charge in [0.2, 0.25) is 0 Å². The van der Waals surface area contributed by atoms with Crippen LogP contribution in [0.1, 0.15) is 38.9 Å². The summed E-state index contributed by atoms with van der Waals surface area (Å²) in [5.41, 5.74) is 4.34. The average molecular weight is 306 g/mol. The summed E-state index contributed by atoms with van der Waals surface area (Å²) in [7, 11) is 0. The zero-order valence-electron chi connectivity index (χ0n) is 13.1. The number of hydrogen-bond donors (Lipinski definition) is 2. The first-order valence-corrected chi connectivity index (χ1v) is 7.42. The van der Waals surface area contributed by atoms with Crippen molar-refractivity contribution >= 4 is 5.91 Å². The standard InChI is InChI=1S/C18H18N4O/c1-12-5-6-14(10-13(12)2)16(15-4-3-7-19-11-15)22-18(23)17-20-8-9-21-17/h3-11,16H,1-2H3,(H,20,21)(H,22,23)/t16-/m1/s1. The van der Waals surface area contributed by atoms with Crippen molar-refractivity contribution in [1.82, 2.24) is 20.3 Å². The number of rotatable bonds is 4. The summed E-state index contributed by atoms with van der Waals surface area (Å²) in [5.74, 6) is 0.0461. The predicted octanol–water partition coefficient (Wildman–Crippen LogP) is 2.94. The van der Waals surface area contributed by atoms with E-state index < -0.39 is 0 Å². The van der Waals surface area contributed by atoms with E-state index in [1.54, 1.807) is 24.8 Å². The number of benzene rings is 1. The monoisotopic (exact) mass is 306 g/mol. The molecule has 0 aliphatic carbocycles. The number of amides is 1. The maximum Gasteiger partial charge on any atom is 0.287 e. The van der Waals surface area contributed by atoms with Crippen LogP contribution in [0, 0.1) is 13.8 Å². The summed E-state index contributed by atoms with van der Waals surface area (Å²) >= 11 is 0. The Morgan fingerprint density at radius 2 is 2.00 bits per heavy atom. The van der Waals surface area contributed by atoms with Gasteiger partial charge in [-0.05, 0) is 42.2 Å². The average Bonchev–Trinajstić information content (AvgIpc) is 3.10. The molecule has 0 aliphatic rings. The molecule has 1 amide bonds. The lowest BCUT2D eigenvalue weighted by atomic mass is 9.96. The second-order valence-corrected chi connectivity index (χ2v) is 5.47. The molecule has 3 aromatic rings. The first kappa shape index (κ1) is 15.0. The number of aryl methyl sites for hydroxylation is 2. The van der Waals surface area contributed by atoms with Crippen LogP contribution >= 0.6 is 0 Å². The molecular formula is C18H18N4O. The summed E-state index contributed by atoms with van der Waals surface area (Å²) in [6.07, 6.45) is 6.67. The van der Waals surface area contributed by atoms with Crippen molar-refractivity contribution in [3.05, 3.63) is 83.2 Å². The maximum atomic E-state index is 12.4. The number of nitrogens with zero attached hydrogens (tertiary/aromatic N) is 2. The highest BCUT2D eigenvalue weighted by Crippen LogP contribution is 2.23. The Kier molecular flexibility index (Phi) is 4.19. The van der Waals surface area contributed by atoms with Gasteiger partial charge < -0.3 is 10.3 Å². The Morgan fingerprint density at radius 3 is 2.65 bits per heavy atom. The number of hydrogen-bond acceptors (Lipinski definition) is 3. The van der Waals surface area contributed by atoms with Crippen LogP contribution < -0.4 is 5.32 Å². The quantitative estimate of drug-likeness (QED) is 0.778. The van der Waals surface area contributed by atoms with Crippen LogP contribution in [0.4, 0.5) is 0 Å². The lowest BCUT2D eigenvalue weighted by molar-refractivity contribution is 0.0933. The third kappa shape index (κ3) is 3.29. The van der Waals surface area contributed by atoms with Gasteiger partial charge in [-0.3, -0.25) is 9.78 Å². The molecule has 3 rings (SSSR count). The molecule has 0 spiro atoms. The van der Waals surface area contributed by atoms with E-state index in [0.29, 0.717) is 5.82 Å². The number of H-pyrrole nitrogens is 1. The molecule has 0 saturated carbocycles. The molecule has 2 aromatic heterocycles. The Hall–Kier alpha value is -2.95. The fraction of sp³-hybridized carbons (Fsp3) is 0.167. The van der Waals surface area contributed by atoms with E-state index >= 15 is 0 Å². The summed E-state index contributed by atoms with van der Waals surface area (Å²) in [6.45, 7) is 4.13. The number of nitrogens with one attached hydrogen (secondary N) is 2. The van der Waals surface area contributed by atoms with E-state index in [1.807, 2.05) is 18.2 Å². The molecule has 0 aliphatic heterocycles. The lowest BCUT2D eigenvalue weighted by Crippen LogP contribution is -2.30. The third-order valence-electron chi connectivity index (χ3n) is 3.87. The van der Waals surface area contributed by atoms with E-state index in [9.17, 15) is 4.79 Å². The lowest BCUT2D eigenvalue weighted by Gasteiger charge is -2.20. The molecule has 1 atom stereocenters. The zero-order chi connectivity index (χ0) is 16.2. The minimum Gasteiger partial charge on any atom is -0.341 e. The number of aromatic nitrogens is 3. The summed E-state index contributed by atoms with van der Waals surface area (Å²) in [4.78, 5) is 23.4. The van der Waals surface area contributed by atoms with Gasteiger partial charge in [0.05, 0.1) is 6.04 Å². The fourth-order valence-electron chi connectivity index (χ4n) is 2.44. The van der Waals surface area contributed by atoms with Gasteiger partial charge in [-0.2, -0.15) is 0 Å². The Morgan fingerprint density at radius 1 is 1.13 bits per heavy atom. The Bertz CT molecular complexity index is 797. The Balaban J connectivity index is 1.97. The molecule has 0 unspecified atom stereocenters. The number of imidazole rings is 1. The number of pyridine rings is 1. The van der Waals surface area contributed by atoms with Gasteiger partial charge in [-0.1, -0.05) is 24.3 Å². The van der Waals surface area contributed by atoms with Gasteiger partial charge >= 0.3 is 0 Å². The van der Waals surface area contributed by atoms with Crippen molar-refractivity contribution < 1.29 is 4.79 Å². The third-order valence-corrected chi connectivity index (χ3v) is 3.87. The highest BCUT2D eigenvalue weighted by molar-refractivity contribution is 5.91. The molecule has 5 nitrogen and oxygen atoms in total. The molecule has 0 saturated heterocycles. The molecule has 2 heterocycles. The van der Waals surface area contributed by atoms with Crippen LogP contribution in [0.5, 0.6) is 0 Å². The molecule has 0 fully saturated rings. The second-order valence-electron chi connectivity index (χ2n) is 5.47. The highest BCUT2D eigenvalue weighted by atomic mass is 16.2. The second kappa shape index (κ2) is 6.44. The van der Waals surface area contributed by atoms with E-state index in [2.05, 4.69) is 46.2 Å². The number of carbonyl (C=O) groups excluding carboxylic acids is 1. The smallest absolute Gasteiger partial charge is 0.287 e. The van der Waals surface area contributed by atoms with E-state index in [-0.39, 0.29) is 11.9 Å². The molecule has 116 valence electrons. The minimum absolute atomic E-state index is 0.248. The van der Waals surface area contributed by atoms with E-state index in [4.69, 9.17) is 0 Å². The van der Waals surface area contributed by atoms with Gasteiger partial charge in [0.1, 0.15) is 0 Å². The van der Waals surface area contributed by atoms with Gasteiger partial charge in [-0.25, -0.2) is 4.98 Å². The highest BCUT2D eigenvalue weighted by Gasteiger charge is 2.19. The first-order valence-electron chi connectivity index (χ1n) is 7.42. The van der Waals surface area contributed by atoms with Gasteiger partial charge in [0.15, 0.2) is 5.82 Å². The molecular weight excluding hydrogens is 288 g/mol. The number of aromatic amines is 1. The summed E-state index contributed by atoms with van der Waals surface area (Å²) in [5, 5.41) is 3.03. The molecule has 0 bridgehead atoms. The molecule has 5 heteroatoms. The van der Waals surface area contributed by atoms with Crippen LogP contribution in [-0.4, -0.2) is 20.9 Å². The van der Waals surface area contributed by atoms with Crippen LogP contribution in [0.2, 0.25) is 0 Å². The predicted molar refractivity (Wildman–Crippen MR) is 88.0 cm³/mol. The van der Waals surface area contributed by atoms with Gasteiger partial charge in [0, 0.05) is 24.8 Å². The Labute approximate surface area is 134 Å². The van der Waals surface area contributed by atoms with E-state index in [1.165, 1.54) is 11.1 Å². The maximum absolute atomic E-state index is 12.4. The SMILES string of the molecule is Cc1ccc([C@@H](NC(=O)c2ncc[nH]2)c2cccnc2)cc1C. The van der Waals surface area contributed by atoms with Crippen LogP contribution in [0.25, 0.3) is 0 Å². The number of carbonyl (C=O) groups is 1. The van der Waals surface area contributed by atoms with Crippen molar-refractivity contribution in [1.29, 1.82) is 0 Å². The molecule has 23 heavy (non-hydrogen) atoms. The van der Waals surface area contributed by atoms with Crippen molar-refractivity contribution in [3.8, 4) is 0 Å². The summed E-state index contributed by atoms with van der Waals surface area (Å²) in [6, 6.07) is 9.73. The van der Waals surface area contributed by atoms with Gasteiger partial charge in [-0.15, -0.1) is 0 Å². The van der Waals surface area contributed by atoms with Crippen molar-refractivity contribution in [3.63, 3.8) is 0 Å². The van der Waals surface area contributed by atoms with Crippen molar-refractivity contribution in [2.75, 3.05) is 0 Å². The van der Waals surface area contributed by atoms with E-state index in [0.717, 1.165) is 11.1 Å². The first-order chi connectivity index (χ1) is 11.1. The van der Waals surface area contributed by atoms with Crippen molar-refractivity contribution in [2.45, 2.75) is 19.9 Å². The van der Waals surface area contributed by atoms with Crippen LogP contribution in [0.15, 0.2) is 55.1 Å². The topological polar surface area (TPSA) is 70.7 Å². The normalized spacial score (nSPS) is 11.9. The molecule has 1 aromatic carbocycles. The summed E-state index contributed by atoms with van der Waals surface area (Å²) < 4.78 is 0. The van der Waals surface area contributed by atoms with Gasteiger partial charge in [0.25, 0.3) is 5.91 Å². The largest absolute Gasteiger partial charge is 0.341 e. The molecule has 2 N–H and O–H groups in total. The molecule has 0 radical (unpaired) electrons.